The first kappa shape index (κ1) is 18.4. The number of benzene rings is 1. The molecule has 0 saturated carbocycles. The summed E-state index contributed by atoms with van der Waals surface area (Å²) in [4.78, 5) is 29.3. The van der Waals surface area contributed by atoms with Crippen LogP contribution in [0.3, 0.4) is 0 Å². The van der Waals surface area contributed by atoms with Crippen molar-refractivity contribution in [1.82, 2.24) is 14.4 Å². The molecule has 4 heterocycles. The molecule has 5 rings (SSSR count). The maximum atomic E-state index is 13.1. The van der Waals surface area contributed by atoms with Gasteiger partial charge < -0.3 is 24.4 Å². The number of hydrogen-bond acceptors (Lipinski definition) is 6. The van der Waals surface area contributed by atoms with E-state index >= 15 is 0 Å². The van der Waals surface area contributed by atoms with Crippen LogP contribution in [0.1, 0.15) is 46.8 Å². The Hall–Kier alpha value is -2.68. The van der Waals surface area contributed by atoms with Crippen LogP contribution >= 0.6 is 0 Å². The lowest BCUT2D eigenvalue weighted by molar-refractivity contribution is -0.204. The molecular formula is C21H23N3O5. The van der Waals surface area contributed by atoms with Crippen LogP contribution in [0, 0.1) is 0 Å². The number of rotatable bonds is 1. The second kappa shape index (κ2) is 6.69. The molecule has 0 aliphatic carbocycles. The van der Waals surface area contributed by atoms with Gasteiger partial charge in [-0.05, 0) is 24.5 Å². The van der Waals surface area contributed by atoms with Gasteiger partial charge in [0.1, 0.15) is 17.5 Å². The van der Waals surface area contributed by atoms with Crippen LogP contribution in [0.2, 0.25) is 0 Å². The maximum Gasteiger partial charge on any atom is 0.260 e. The van der Waals surface area contributed by atoms with E-state index in [4.69, 9.17) is 4.74 Å². The predicted molar refractivity (Wildman–Crippen MR) is 103 cm³/mol. The van der Waals surface area contributed by atoms with Crippen molar-refractivity contribution in [2.75, 3.05) is 6.61 Å². The summed E-state index contributed by atoms with van der Waals surface area (Å²) in [5.74, 6) is -0.997. The Balaban J connectivity index is 1.52. The van der Waals surface area contributed by atoms with Crippen molar-refractivity contribution >= 4 is 5.91 Å². The summed E-state index contributed by atoms with van der Waals surface area (Å²) in [6, 6.07) is 7.82. The molecule has 0 bridgehead atoms. The zero-order valence-electron chi connectivity index (χ0n) is 16.1. The fourth-order valence-corrected chi connectivity index (χ4v) is 4.63. The molecule has 1 aromatic carbocycles. The molecule has 3 aliphatic rings. The van der Waals surface area contributed by atoms with Crippen molar-refractivity contribution in [3.63, 3.8) is 0 Å². The molecule has 1 unspecified atom stereocenters. The highest BCUT2D eigenvalue weighted by atomic mass is 16.5. The molecule has 1 saturated heterocycles. The molecule has 3 atom stereocenters. The average Bonchev–Trinajstić information content (AvgIpc) is 3.14. The van der Waals surface area contributed by atoms with Gasteiger partial charge in [-0.1, -0.05) is 24.3 Å². The van der Waals surface area contributed by atoms with Gasteiger partial charge in [-0.15, -0.1) is 0 Å². The summed E-state index contributed by atoms with van der Waals surface area (Å²) in [5, 5.41) is 21.4. The minimum Gasteiger partial charge on any atom is -0.503 e. The smallest absolute Gasteiger partial charge is 0.260 e. The summed E-state index contributed by atoms with van der Waals surface area (Å²) in [6.45, 7) is 3.74. The third-order valence-electron chi connectivity index (χ3n) is 6.22. The first-order valence-electron chi connectivity index (χ1n) is 9.85. The normalized spacial score (nSPS) is 26.0. The van der Waals surface area contributed by atoms with Crippen molar-refractivity contribution < 1.29 is 19.7 Å². The standard InChI is InChI=1S/C21H23N3O5/c1-12-6-7-29-16-11-22-10-15(18(25)19(26)17(22)21(28)24(12)16)20(27)23-8-13-4-2-3-5-14(13)9-23/h2-5,10,12,16,21,26,28H,6-9,11H2,1H3/t12-,16+,21?/m1/s1. The summed E-state index contributed by atoms with van der Waals surface area (Å²) in [7, 11) is 0. The van der Waals surface area contributed by atoms with Crippen molar-refractivity contribution in [3.05, 3.63) is 63.1 Å². The van der Waals surface area contributed by atoms with Crippen molar-refractivity contribution in [2.45, 2.75) is 51.5 Å². The second-order valence-electron chi connectivity index (χ2n) is 7.97. The first-order valence-corrected chi connectivity index (χ1v) is 9.85. The minimum absolute atomic E-state index is 0.0522. The molecule has 1 aromatic heterocycles. The molecule has 0 spiro atoms. The van der Waals surface area contributed by atoms with Gasteiger partial charge >= 0.3 is 0 Å². The summed E-state index contributed by atoms with van der Waals surface area (Å²) in [5.41, 5.74) is 1.38. The average molecular weight is 397 g/mol. The number of aromatic hydroxyl groups is 1. The van der Waals surface area contributed by atoms with E-state index in [1.54, 1.807) is 14.4 Å². The van der Waals surface area contributed by atoms with E-state index in [0.29, 0.717) is 26.2 Å². The highest BCUT2D eigenvalue weighted by molar-refractivity contribution is 5.94. The van der Waals surface area contributed by atoms with Gasteiger partial charge in [0, 0.05) is 25.3 Å². The van der Waals surface area contributed by atoms with E-state index in [-0.39, 0.29) is 23.5 Å². The number of pyridine rings is 1. The molecule has 152 valence electrons. The monoisotopic (exact) mass is 397 g/mol. The van der Waals surface area contributed by atoms with Crippen molar-refractivity contribution in [3.8, 4) is 5.75 Å². The molecule has 0 radical (unpaired) electrons. The van der Waals surface area contributed by atoms with Crippen molar-refractivity contribution in [2.24, 2.45) is 0 Å². The van der Waals surface area contributed by atoms with Crippen LogP contribution in [0.25, 0.3) is 0 Å². The van der Waals surface area contributed by atoms with Gasteiger partial charge in [0.25, 0.3) is 5.91 Å². The van der Waals surface area contributed by atoms with Crippen LogP contribution < -0.4 is 5.43 Å². The third-order valence-corrected chi connectivity index (χ3v) is 6.22. The lowest BCUT2D eigenvalue weighted by atomic mass is 10.1. The molecular weight excluding hydrogens is 374 g/mol. The number of hydrogen-bond donors (Lipinski definition) is 2. The van der Waals surface area contributed by atoms with Crippen LogP contribution in [0.15, 0.2) is 35.3 Å². The Kier molecular flexibility index (Phi) is 4.23. The van der Waals surface area contributed by atoms with Gasteiger partial charge in [0.15, 0.2) is 12.0 Å². The van der Waals surface area contributed by atoms with Gasteiger partial charge in [0.2, 0.25) is 5.43 Å². The highest BCUT2D eigenvalue weighted by Crippen LogP contribution is 2.36. The lowest BCUT2D eigenvalue weighted by Gasteiger charge is -2.47. The molecule has 3 aliphatic heterocycles. The fourth-order valence-electron chi connectivity index (χ4n) is 4.63. The Morgan fingerprint density at radius 3 is 2.59 bits per heavy atom. The van der Waals surface area contributed by atoms with E-state index in [2.05, 4.69) is 0 Å². The minimum atomic E-state index is -1.17. The van der Waals surface area contributed by atoms with Gasteiger partial charge in [0.05, 0.1) is 13.2 Å². The Morgan fingerprint density at radius 1 is 1.21 bits per heavy atom. The number of carbonyl (C=O) groups excluding carboxylic acids is 1. The molecule has 1 amide bonds. The van der Waals surface area contributed by atoms with Crippen LogP contribution in [-0.4, -0.2) is 49.4 Å². The zero-order valence-corrected chi connectivity index (χ0v) is 16.1. The second-order valence-corrected chi connectivity index (χ2v) is 7.97. The number of ether oxygens (including phenoxy) is 1. The lowest BCUT2D eigenvalue weighted by Crippen LogP contribution is -2.55. The number of nitrogens with zero attached hydrogens (tertiary/aromatic N) is 3. The molecule has 8 heteroatoms. The fraction of sp³-hybridized carbons (Fsp3) is 0.429. The quantitative estimate of drug-likeness (QED) is 0.750. The molecule has 2 aromatic rings. The van der Waals surface area contributed by atoms with E-state index in [1.807, 2.05) is 31.2 Å². The Morgan fingerprint density at radius 2 is 1.90 bits per heavy atom. The molecule has 2 N–H and O–H groups in total. The van der Waals surface area contributed by atoms with Crippen molar-refractivity contribution in [1.29, 1.82) is 0 Å². The van der Waals surface area contributed by atoms with E-state index in [9.17, 15) is 19.8 Å². The molecule has 29 heavy (non-hydrogen) atoms. The molecule has 8 nitrogen and oxygen atoms in total. The third kappa shape index (κ3) is 2.78. The largest absolute Gasteiger partial charge is 0.503 e. The van der Waals surface area contributed by atoms with Gasteiger partial charge in [-0.3, -0.25) is 9.59 Å². The van der Waals surface area contributed by atoms with E-state index in [0.717, 1.165) is 17.5 Å². The Labute approximate surface area is 167 Å². The Bertz CT molecular complexity index is 1020. The zero-order chi connectivity index (χ0) is 20.3. The number of aromatic nitrogens is 1. The SMILES string of the molecule is C[C@@H]1CCO[C@H]2Cn3cc(C(=O)N4Cc5ccccc5C4)c(=O)c(O)c3C(O)N12. The predicted octanol–water partition coefficient (Wildman–Crippen LogP) is 1.15. The summed E-state index contributed by atoms with van der Waals surface area (Å²) in [6.07, 6.45) is 0.662. The maximum absolute atomic E-state index is 13.1. The van der Waals surface area contributed by atoms with E-state index in [1.165, 1.54) is 6.20 Å². The molecule has 1 fully saturated rings. The number of amides is 1. The topological polar surface area (TPSA) is 95.2 Å². The summed E-state index contributed by atoms with van der Waals surface area (Å²) >= 11 is 0. The summed E-state index contributed by atoms with van der Waals surface area (Å²) < 4.78 is 7.36. The van der Waals surface area contributed by atoms with Crippen LogP contribution in [0.5, 0.6) is 5.75 Å². The van der Waals surface area contributed by atoms with Crippen LogP contribution in [-0.2, 0) is 24.4 Å². The number of aliphatic hydroxyl groups excluding tert-OH is 1. The number of carbonyl (C=O) groups is 1. The van der Waals surface area contributed by atoms with Gasteiger partial charge in [-0.25, -0.2) is 4.90 Å². The first-order chi connectivity index (χ1) is 14.0. The van der Waals surface area contributed by atoms with E-state index < -0.39 is 23.3 Å². The van der Waals surface area contributed by atoms with Crippen LogP contribution in [0.4, 0.5) is 0 Å². The number of fused-ring (bicyclic) bond motifs is 3. The number of aliphatic hydroxyl groups is 1. The highest BCUT2D eigenvalue weighted by Gasteiger charge is 2.42. The van der Waals surface area contributed by atoms with Gasteiger partial charge in [-0.2, -0.15) is 0 Å².